The first-order valence-electron chi connectivity index (χ1n) is 6.37. The standard InChI is InChI=1S/C12H21O4PS/c1-3-15-17(14,16-4-2)18-10-12(13)11-8-6-5-7-9-11/h8H,3-7,9-10H2,1-2H3. The average molecular weight is 292 g/mol. The van der Waals surface area contributed by atoms with Crippen molar-refractivity contribution in [3.05, 3.63) is 11.6 Å². The van der Waals surface area contributed by atoms with Crippen LogP contribution in [0.5, 0.6) is 0 Å². The second-order valence-corrected chi connectivity index (χ2v) is 8.03. The largest absolute Gasteiger partial charge is 0.389 e. The lowest BCUT2D eigenvalue weighted by molar-refractivity contribution is -0.113. The minimum atomic E-state index is -3.16. The van der Waals surface area contributed by atoms with Crippen LogP contribution in [0.15, 0.2) is 11.6 Å². The van der Waals surface area contributed by atoms with E-state index < -0.39 is 6.80 Å². The maximum absolute atomic E-state index is 12.1. The maximum atomic E-state index is 12.1. The summed E-state index contributed by atoms with van der Waals surface area (Å²) in [6, 6.07) is 0. The lowest BCUT2D eigenvalue weighted by atomic mass is 9.97. The second-order valence-electron chi connectivity index (χ2n) is 3.95. The van der Waals surface area contributed by atoms with Crippen LogP contribution in [0.3, 0.4) is 0 Å². The molecular weight excluding hydrogens is 271 g/mol. The van der Waals surface area contributed by atoms with E-state index in [1.165, 1.54) is 0 Å². The summed E-state index contributed by atoms with van der Waals surface area (Å²) in [7, 11) is 0. The van der Waals surface area contributed by atoms with Crippen molar-refractivity contribution in [2.24, 2.45) is 0 Å². The number of hydrogen-bond donors (Lipinski definition) is 0. The molecule has 18 heavy (non-hydrogen) atoms. The van der Waals surface area contributed by atoms with Crippen molar-refractivity contribution in [1.82, 2.24) is 0 Å². The minimum Gasteiger partial charge on any atom is -0.301 e. The van der Waals surface area contributed by atoms with Crippen molar-refractivity contribution in [2.45, 2.75) is 39.5 Å². The normalized spacial score (nSPS) is 16.4. The summed E-state index contributed by atoms with van der Waals surface area (Å²) < 4.78 is 22.4. The third-order valence-electron chi connectivity index (χ3n) is 2.58. The Morgan fingerprint density at radius 3 is 2.50 bits per heavy atom. The highest BCUT2D eigenvalue weighted by molar-refractivity contribution is 8.55. The number of carbonyl (C=O) groups excluding carboxylic acids is 1. The maximum Gasteiger partial charge on any atom is 0.389 e. The first-order chi connectivity index (χ1) is 8.61. The fourth-order valence-electron chi connectivity index (χ4n) is 1.75. The molecule has 0 unspecified atom stereocenters. The van der Waals surface area contributed by atoms with Crippen molar-refractivity contribution in [1.29, 1.82) is 0 Å². The fraction of sp³-hybridized carbons (Fsp3) is 0.750. The molecule has 0 spiro atoms. The summed E-state index contributed by atoms with van der Waals surface area (Å²) in [5.41, 5.74) is 0.869. The summed E-state index contributed by atoms with van der Waals surface area (Å²) in [6.45, 7) is 1.01. The molecule has 0 fully saturated rings. The van der Waals surface area contributed by atoms with Gasteiger partial charge in [0.05, 0.1) is 19.0 Å². The van der Waals surface area contributed by atoms with E-state index in [9.17, 15) is 9.36 Å². The molecular formula is C12H21O4PS. The van der Waals surface area contributed by atoms with Gasteiger partial charge in [0, 0.05) is 0 Å². The van der Waals surface area contributed by atoms with E-state index in [0.717, 1.165) is 42.6 Å². The van der Waals surface area contributed by atoms with Crippen LogP contribution in [0.25, 0.3) is 0 Å². The summed E-state index contributed by atoms with van der Waals surface area (Å²) in [5.74, 6) is 0.225. The Labute approximate surface area is 113 Å². The van der Waals surface area contributed by atoms with E-state index in [1.54, 1.807) is 13.8 Å². The molecule has 0 bridgehead atoms. The molecule has 0 saturated heterocycles. The van der Waals surface area contributed by atoms with Crippen LogP contribution in [0, 0.1) is 0 Å². The molecule has 1 aliphatic carbocycles. The Hall–Kier alpha value is -0.0900. The van der Waals surface area contributed by atoms with Gasteiger partial charge in [0.15, 0.2) is 5.78 Å². The van der Waals surface area contributed by atoms with Crippen LogP contribution in [-0.4, -0.2) is 24.7 Å². The molecule has 0 atom stereocenters. The zero-order valence-corrected chi connectivity index (χ0v) is 12.7. The van der Waals surface area contributed by atoms with Crippen LogP contribution in [0.4, 0.5) is 0 Å². The monoisotopic (exact) mass is 292 g/mol. The Balaban J connectivity index is 2.48. The summed E-state index contributed by atoms with van der Waals surface area (Å²) >= 11 is 0.996. The third kappa shape index (κ3) is 5.27. The van der Waals surface area contributed by atoms with Gasteiger partial charge in [-0.2, -0.15) is 0 Å². The Morgan fingerprint density at radius 1 is 1.33 bits per heavy atom. The first kappa shape index (κ1) is 16.0. The van der Waals surface area contributed by atoms with Crippen LogP contribution in [0.2, 0.25) is 0 Å². The smallest absolute Gasteiger partial charge is 0.301 e. The van der Waals surface area contributed by atoms with Gasteiger partial charge < -0.3 is 9.05 Å². The number of hydrogen-bond acceptors (Lipinski definition) is 5. The van der Waals surface area contributed by atoms with Gasteiger partial charge >= 0.3 is 6.80 Å². The van der Waals surface area contributed by atoms with E-state index in [4.69, 9.17) is 9.05 Å². The first-order valence-corrected chi connectivity index (χ1v) is 9.50. The quantitative estimate of drug-likeness (QED) is 0.634. The lowest BCUT2D eigenvalue weighted by Gasteiger charge is -2.16. The van der Waals surface area contributed by atoms with Crippen LogP contribution in [-0.2, 0) is 18.4 Å². The van der Waals surface area contributed by atoms with Crippen molar-refractivity contribution >= 4 is 24.0 Å². The Morgan fingerprint density at radius 2 is 2.00 bits per heavy atom. The molecule has 0 amide bonds. The SMILES string of the molecule is CCOP(=O)(OCC)SCC(=O)C1=CCCCC1. The van der Waals surface area contributed by atoms with E-state index in [2.05, 4.69) is 0 Å². The van der Waals surface area contributed by atoms with Gasteiger partial charge in [0.2, 0.25) is 0 Å². The summed E-state index contributed by atoms with van der Waals surface area (Å²) in [6.07, 6.45) is 6.03. The predicted molar refractivity (Wildman–Crippen MR) is 74.9 cm³/mol. The Kier molecular flexibility index (Phi) is 7.23. The van der Waals surface area contributed by atoms with Gasteiger partial charge in [0.25, 0.3) is 0 Å². The molecule has 0 saturated carbocycles. The van der Waals surface area contributed by atoms with Crippen molar-refractivity contribution in [3.63, 3.8) is 0 Å². The van der Waals surface area contributed by atoms with Crippen molar-refractivity contribution < 1.29 is 18.4 Å². The van der Waals surface area contributed by atoms with E-state index in [1.807, 2.05) is 6.08 Å². The van der Waals surface area contributed by atoms with Crippen LogP contribution < -0.4 is 0 Å². The van der Waals surface area contributed by atoms with Crippen molar-refractivity contribution in [3.8, 4) is 0 Å². The number of allylic oxidation sites excluding steroid dienone is 2. The molecule has 104 valence electrons. The molecule has 0 aromatic rings. The highest BCUT2D eigenvalue weighted by atomic mass is 32.7. The number of carbonyl (C=O) groups is 1. The molecule has 6 heteroatoms. The number of rotatable bonds is 8. The van der Waals surface area contributed by atoms with E-state index in [0.29, 0.717) is 13.2 Å². The molecule has 0 aromatic heterocycles. The molecule has 4 nitrogen and oxygen atoms in total. The summed E-state index contributed by atoms with van der Waals surface area (Å²) in [5, 5.41) is 0. The zero-order valence-electron chi connectivity index (χ0n) is 11.0. The molecule has 0 aliphatic heterocycles. The molecule has 0 heterocycles. The van der Waals surface area contributed by atoms with E-state index >= 15 is 0 Å². The predicted octanol–water partition coefficient (Wildman–Crippen LogP) is 3.97. The second kappa shape index (κ2) is 8.16. The molecule has 0 radical (unpaired) electrons. The third-order valence-corrected chi connectivity index (χ3v) is 6.40. The van der Waals surface area contributed by atoms with Gasteiger partial charge in [-0.1, -0.05) is 6.08 Å². The van der Waals surface area contributed by atoms with Crippen LogP contribution in [0.1, 0.15) is 39.5 Å². The van der Waals surface area contributed by atoms with Gasteiger partial charge in [-0.3, -0.25) is 4.79 Å². The molecule has 0 aromatic carbocycles. The lowest BCUT2D eigenvalue weighted by Crippen LogP contribution is -2.08. The molecule has 0 N–H and O–H groups in total. The van der Waals surface area contributed by atoms with Gasteiger partial charge in [0.1, 0.15) is 0 Å². The summed E-state index contributed by atoms with van der Waals surface area (Å²) in [4.78, 5) is 11.9. The zero-order chi connectivity index (χ0) is 13.4. The average Bonchev–Trinajstić information content (AvgIpc) is 2.38. The van der Waals surface area contributed by atoms with Gasteiger partial charge in [-0.25, -0.2) is 4.57 Å². The topological polar surface area (TPSA) is 52.6 Å². The van der Waals surface area contributed by atoms with E-state index in [-0.39, 0.29) is 11.5 Å². The Bertz CT molecular complexity index is 344. The highest BCUT2D eigenvalue weighted by Gasteiger charge is 2.26. The van der Waals surface area contributed by atoms with Crippen LogP contribution >= 0.6 is 18.2 Å². The van der Waals surface area contributed by atoms with Gasteiger partial charge in [-0.05, 0) is 56.5 Å². The minimum absolute atomic E-state index is 0.0549. The van der Waals surface area contributed by atoms with Crippen molar-refractivity contribution in [2.75, 3.05) is 19.0 Å². The fourth-order valence-corrected chi connectivity index (χ4v) is 4.97. The number of Topliss-reactive ketones (excluding diaryl/α,β-unsaturated/α-hetero) is 1. The molecule has 1 rings (SSSR count). The highest BCUT2D eigenvalue weighted by Crippen LogP contribution is 2.60. The van der Waals surface area contributed by atoms with Gasteiger partial charge in [-0.15, -0.1) is 0 Å². The number of ketones is 1. The molecule has 1 aliphatic rings.